The van der Waals surface area contributed by atoms with Crippen LogP contribution in [0.1, 0.15) is 24.8 Å². The number of benzene rings is 1. The number of piperidine rings is 1. The molecule has 2 aromatic rings. The highest BCUT2D eigenvalue weighted by Gasteiger charge is 2.61. The summed E-state index contributed by atoms with van der Waals surface area (Å²) >= 11 is 1.62. The van der Waals surface area contributed by atoms with E-state index in [1.165, 1.54) is 5.56 Å². The molecule has 24 heavy (non-hydrogen) atoms. The zero-order chi connectivity index (χ0) is 15.9. The van der Waals surface area contributed by atoms with E-state index in [0.29, 0.717) is 0 Å². The number of rotatable bonds is 1. The molecule has 1 aromatic carbocycles. The first-order valence-corrected chi connectivity index (χ1v) is 9.47. The topological polar surface area (TPSA) is 66.5 Å². The van der Waals surface area contributed by atoms with Crippen LogP contribution in [0.25, 0.3) is 10.2 Å². The normalized spacial score (nSPS) is 29.5. The molecule has 6 nitrogen and oxygen atoms in total. The molecule has 2 N–H and O–H groups in total. The number of carbonyl (C=O) groups excluding carboxylic acids is 1. The summed E-state index contributed by atoms with van der Waals surface area (Å²) in [5, 5.41) is 7.67. The van der Waals surface area contributed by atoms with Gasteiger partial charge in [-0.05, 0) is 37.9 Å². The van der Waals surface area contributed by atoms with E-state index in [0.717, 1.165) is 59.9 Å². The van der Waals surface area contributed by atoms with Crippen molar-refractivity contribution in [3.05, 3.63) is 17.7 Å². The number of amides is 2. The lowest BCUT2D eigenvalue weighted by molar-refractivity contribution is 0.250. The molecule has 2 amide bonds. The molecule has 3 aliphatic heterocycles. The Balaban J connectivity index is 1.48. The standard InChI is InChI=1S/C17H18N4O2S/c22-15-19-10-3-7-18-17(5-6-17)14(10)21(15)16-20-13-9-4-8-23-11(9)1-2-12(13)24-16/h1-2,10,14,18H,3-8H2,(H,19,22)/t10-,14-/m0/s1. The van der Waals surface area contributed by atoms with Crippen LogP contribution in [-0.2, 0) is 6.42 Å². The molecule has 7 heteroatoms. The molecule has 6 rings (SSSR count). The maximum absolute atomic E-state index is 12.7. The minimum absolute atomic E-state index is 0.00641. The summed E-state index contributed by atoms with van der Waals surface area (Å²) < 4.78 is 6.79. The van der Waals surface area contributed by atoms with Crippen LogP contribution in [0.4, 0.5) is 9.93 Å². The highest BCUT2D eigenvalue weighted by atomic mass is 32.1. The van der Waals surface area contributed by atoms with Crippen molar-refractivity contribution >= 4 is 32.7 Å². The monoisotopic (exact) mass is 342 g/mol. The number of nitrogens with zero attached hydrogens (tertiary/aromatic N) is 2. The Labute approximate surface area is 143 Å². The van der Waals surface area contributed by atoms with Gasteiger partial charge in [0, 0.05) is 17.5 Å². The molecule has 1 spiro atoms. The molecule has 1 aliphatic carbocycles. The van der Waals surface area contributed by atoms with Crippen molar-refractivity contribution < 1.29 is 9.53 Å². The van der Waals surface area contributed by atoms with Crippen LogP contribution < -0.4 is 20.3 Å². The second-order valence-corrected chi connectivity index (χ2v) is 8.24. The summed E-state index contributed by atoms with van der Waals surface area (Å²) in [6.45, 7) is 1.71. The predicted octanol–water partition coefficient (Wildman–Crippen LogP) is 2.02. The Morgan fingerprint density at radius 1 is 1.38 bits per heavy atom. The fourth-order valence-electron chi connectivity index (χ4n) is 4.63. The molecule has 2 saturated heterocycles. The summed E-state index contributed by atoms with van der Waals surface area (Å²) in [4.78, 5) is 19.5. The lowest BCUT2D eigenvalue weighted by Crippen LogP contribution is -2.59. The fourth-order valence-corrected chi connectivity index (χ4v) is 5.66. The minimum Gasteiger partial charge on any atom is -0.493 e. The molecule has 1 saturated carbocycles. The Hall–Kier alpha value is -1.86. The molecule has 2 atom stereocenters. The number of carbonyl (C=O) groups is 1. The van der Waals surface area contributed by atoms with Gasteiger partial charge in [0.15, 0.2) is 5.13 Å². The maximum atomic E-state index is 12.7. The van der Waals surface area contributed by atoms with Crippen molar-refractivity contribution in [3.8, 4) is 5.75 Å². The summed E-state index contributed by atoms with van der Waals surface area (Å²) in [7, 11) is 0. The van der Waals surface area contributed by atoms with E-state index in [2.05, 4.69) is 16.7 Å². The zero-order valence-corrected chi connectivity index (χ0v) is 14.0. The van der Waals surface area contributed by atoms with Crippen LogP contribution in [0, 0.1) is 0 Å². The summed E-state index contributed by atoms with van der Waals surface area (Å²) in [6, 6.07) is 4.53. The van der Waals surface area contributed by atoms with Crippen LogP contribution in [0.5, 0.6) is 5.75 Å². The summed E-state index contributed by atoms with van der Waals surface area (Å²) in [5.41, 5.74) is 2.30. The molecule has 0 radical (unpaired) electrons. The van der Waals surface area contributed by atoms with Crippen molar-refractivity contribution in [2.45, 2.75) is 43.3 Å². The lowest BCUT2D eigenvalue weighted by Gasteiger charge is -2.37. The van der Waals surface area contributed by atoms with Crippen LogP contribution in [0.2, 0.25) is 0 Å². The van der Waals surface area contributed by atoms with Gasteiger partial charge >= 0.3 is 6.03 Å². The first-order valence-electron chi connectivity index (χ1n) is 8.65. The van der Waals surface area contributed by atoms with Gasteiger partial charge in [0.25, 0.3) is 0 Å². The van der Waals surface area contributed by atoms with Gasteiger partial charge in [0.2, 0.25) is 0 Å². The van der Waals surface area contributed by atoms with Crippen molar-refractivity contribution in [1.82, 2.24) is 15.6 Å². The highest BCUT2D eigenvalue weighted by molar-refractivity contribution is 7.22. The van der Waals surface area contributed by atoms with E-state index < -0.39 is 0 Å². The maximum Gasteiger partial charge on any atom is 0.324 e. The van der Waals surface area contributed by atoms with Gasteiger partial charge in [-0.1, -0.05) is 11.3 Å². The molecule has 4 aliphatic rings. The number of hydrogen-bond acceptors (Lipinski definition) is 5. The number of anilines is 1. The molecule has 124 valence electrons. The average Bonchev–Trinajstić information content (AvgIpc) is 2.94. The third kappa shape index (κ3) is 1.64. The van der Waals surface area contributed by atoms with Crippen molar-refractivity contribution in [2.24, 2.45) is 0 Å². The largest absolute Gasteiger partial charge is 0.493 e. The van der Waals surface area contributed by atoms with Gasteiger partial charge in [0.1, 0.15) is 5.75 Å². The molecule has 4 heterocycles. The third-order valence-corrected chi connectivity index (χ3v) is 6.92. The van der Waals surface area contributed by atoms with E-state index in [4.69, 9.17) is 9.72 Å². The lowest BCUT2D eigenvalue weighted by atomic mass is 9.91. The van der Waals surface area contributed by atoms with Gasteiger partial charge in [-0.3, -0.25) is 4.90 Å². The number of thiazole rings is 1. The smallest absolute Gasteiger partial charge is 0.324 e. The molecule has 0 unspecified atom stereocenters. The third-order valence-electron chi connectivity index (χ3n) is 5.90. The van der Waals surface area contributed by atoms with Crippen LogP contribution >= 0.6 is 11.3 Å². The van der Waals surface area contributed by atoms with Gasteiger partial charge in [0.05, 0.1) is 28.9 Å². The van der Waals surface area contributed by atoms with Crippen LogP contribution in [-0.4, -0.2) is 41.8 Å². The minimum atomic E-state index is 0.00641. The zero-order valence-electron chi connectivity index (χ0n) is 13.2. The summed E-state index contributed by atoms with van der Waals surface area (Å²) in [6.07, 6.45) is 4.18. The SMILES string of the molecule is O=C1N[C@H]2CCNC3(CC3)[C@H]2N1c1nc2c3c(ccc2s1)OCC3. The van der Waals surface area contributed by atoms with Crippen molar-refractivity contribution in [1.29, 1.82) is 0 Å². The van der Waals surface area contributed by atoms with Crippen molar-refractivity contribution in [3.63, 3.8) is 0 Å². The molecular weight excluding hydrogens is 324 g/mol. The molecule has 1 aromatic heterocycles. The predicted molar refractivity (Wildman–Crippen MR) is 92.0 cm³/mol. The Bertz CT molecular complexity index is 875. The number of hydrogen-bond donors (Lipinski definition) is 2. The Morgan fingerprint density at radius 2 is 2.29 bits per heavy atom. The van der Waals surface area contributed by atoms with Crippen molar-refractivity contribution in [2.75, 3.05) is 18.1 Å². The number of urea groups is 1. The van der Waals surface area contributed by atoms with Crippen LogP contribution in [0.3, 0.4) is 0 Å². The Kier molecular flexibility index (Phi) is 2.46. The first-order chi connectivity index (χ1) is 11.8. The summed E-state index contributed by atoms with van der Waals surface area (Å²) in [5.74, 6) is 0.945. The first kappa shape index (κ1) is 13.4. The second kappa shape index (κ2) is 4.40. The quantitative estimate of drug-likeness (QED) is 0.832. The van der Waals surface area contributed by atoms with E-state index in [1.54, 1.807) is 11.3 Å². The van der Waals surface area contributed by atoms with E-state index in [1.807, 2.05) is 11.0 Å². The van der Waals surface area contributed by atoms with E-state index >= 15 is 0 Å². The number of aromatic nitrogens is 1. The van der Waals surface area contributed by atoms with Gasteiger partial charge < -0.3 is 15.4 Å². The second-order valence-electron chi connectivity index (χ2n) is 7.23. The van der Waals surface area contributed by atoms with E-state index in [9.17, 15) is 4.79 Å². The average molecular weight is 342 g/mol. The highest BCUT2D eigenvalue weighted by Crippen LogP contribution is 2.49. The number of fused-ring (bicyclic) bond motifs is 5. The van der Waals surface area contributed by atoms with E-state index in [-0.39, 0.29) is 23.7 Å². The number of nitrogens with one attached hydrogen (secondary N) is 2. The molecular formula is C17H18N4O2S. The van der Waals surface area contributed by atoms with Gasteiger partial charge in [-0.2, -0.15) is 0 Å². The Morgan fingerprint density at radius 3 is 3.17 bits per heavy atom. The molecule has 3 fully saturated rings. The van der Waals surface area contributed by atoms with Gasteiger partial charge in [-0.15, -0.1) is 0 Å². The number of ether oxygens (including phenoxy) is 1. The molecule has 0 bridgehead atoms. The van der Waals surface area contributed by atoms with Gasteiger partial charge in [-0.25, -0.2) is 9.78 Å². The van der Waals surface area contributed by atoms with Crippen LogP contribution in [0.15, 0.2) is 12.1 Å². The fraction of sp³-hybridized carbons (Fsp3) is 0.529.